The molecule has 0 aromatic rings. The van der Waals surface area contributed by atoms with E-state index in [1.807, 2.05) is 0 Å². The van der Waals surface area contributed by atoms with E-state index in [1.165, 1.54) is 51.9 Å². The fraction of sp³-hybridized carbons (Fsp3) is 1.00. The molecule has 1 heterocycles. The Morgan fingerprint density at radius 1 is 1.19 bits per heavy atom. The van der Waals surface area contributed by atoms with Crippen molar-refractivity contribution in [2.45, 2.75) is 52.5 Å². The maximum Gasteiger partial charge on any atom is 0.0122 e. The van der Waals surface area contributed by atoms with Crippen LogP contribution in [0.1, 0.15) is 46.5 Å². The van der Waals surface area contributed by atoms with Crippen molar-refractivity contribution in [3.8, 4) is 0 Å². The van der Waals surface area contributed by atoms with Crippen LogP contribution in [0.25, 0.3) is 0 Å². The second kappa shape index (κ2) is 5.05. The van der Waals surface area contributed by atoms with E-state index in [4.69, 9.17) is 0 Å². The van der Waals surface area contributed by atoms with Crippen molar-refractivity contribution in [2.24, 2.45) is 11.3 Å². The minimum Gasteiger partial charge on any atom is -0.315 e. The van der Waals surface area contributed by atoms with Gasteiger partial charge in [0.1, 0.15) is 0 Å². The molecule has 2 aliphatic rings. The van der Waals surface area contributed by atoms with Gasteiger partial charge in [-0.1, -0.05) is 20.8 Å². The lowest BCUT2D eigenvalue weighted by molar-refractivity contribution is 0.0643. The summed E-state index contributed by atoms with van der Waals surface area (Å²) >= 11 is 0. The van der Waals surface area contributed by atoms with Gasteiger partial charge in [-0.3, -0.25) is 4.90 Å². The zero-order chi connectivity index (χ0) is 11.6. The molecule has 0 aromatic heterocycles. The van der Waals surface area contributed by atoms with Gasteiger partial charge < -0.3 is 5.32 Å². The summed E-state index contributed by atoms with van der Waals surface area (Å²) in [5.41, 5.74) is 0.583. The largest absolute Gasteiger partial charge is 0.315 e. The van der Waals surface area contributed by atoms with Crippen molar-refractivity contribution in [1.82, 2.24) is 10.2 Å². The first-order valence-electron chi connectivity index (χ1n) is 7.03. The molecule has 2 fully saturated rings. The summed E-state index contributed by atoms with van der Waals surface area (Å²) < 4.78 is 0. The predicted octanol–water partition coefficient (Wildman–Crippen LogP) is 2.50. The van der Waals surface area contributed by atoms with Crippen LogP contribution in [0, 0.1) is 11.3 Å². The lowest BCUT2D eigenvalue weighted by Gasteiger charge is -2.44. The van der Waals surface area contributed by atoms with E-state index in [-0.39, 0.29) is 0 Å². The molecule has 2 heteroatoms. The minimum absolute atomic E-state index is 0.583. The van der Waals surface area contributed by atoms with Crippen LogP contribution in [0.3, 0.4) is 0 Å². The molecule has 2 atom stereocenters. The Morgan fingerprint density at radius 3 is 2.75 bits per heavy atom. The number of hydrogen-bond donors (Lipinski definition) is 1. The van der Waals surface area contributed by atoms with Crippen molar-refractivity contribution in [3.05, 3.63) is 0 Å². The average Bonchev–Trinajstić information content (AvgIpc) is 2.44. The summed E-state index contributed by atoms with van der Waals surface area (Å²) in [4.78, 5) is 2.75. The molecule has 1 saturated carbocycles. The van der Waals surface area contributed by atoms with E-state index in [1.54, 1.807) is 0 Å². The number of hydrogen-bond acceptors (Lipinski definition) is 2. The third kappa shape index (κ3) is 2.98. The molecule has 0 amide bonds. The zero-order valence-electron chi connectivity index (χ0n) is 11.3. The van der Waals surface area contributed by atoms with Crippen molar-refractivity contribution < 1.29 is 0 Å². The SMILES string of the molecule is CC1CC(C)(C)CCC1N1CCCNCC1. The Morgan fingerprint density at radius 2 is 2.00 bits per heavy atom. The molecule has 1 saturated heterocycles. The van der Waals surface area contributed by atoms with E-state index in [0.29, 0.717) is 5.41 Å². The predicted molar refractivity (Wildman–Crippen MR) is 69.6 cm³/mol. The fourth-order valence-corrected chi connectivity index (χ4v) is 3.67. The lowest BCUT2D eigenvalue weighted by Crippen LogP contribution is -2.46. The Hall–Kier alpha value is -0.0800. The van der Waals surface area contributed by atoms with Crippen molar-refractivity contribution >= 4 is 0 Å². The summed E-state index contributed by atoms with van der Waals surface area (Å²) in [6, 6.07) is 0.855. The first-order valence-corrected chi connectivity index (χ1v) is 7.03. The Kier molecular flexibility index (Phi) is 3.91. The number of nitrogens with one attached hydrogen (secondary N) is 1. The first-order chi connectivity index (χ1) is 7.58. The molecular formula is C14H28N2. The highest BCUT2D eigenvalue weighted by Gasteiger charge is 2.35. The highest BCUT2D eigenvalue weighted by Crippen LogP contribution is 2.40. The highest BCUT2D eigenvalue weighted by atomic mass is 15.2. The third-order valence-corrected chi connectivity index (χ3v) is 4.49. The maximum absolute atomic E-state index is 3.51. The molecule has 0 radical (unpaired) electrons. The second-order valence-corrected chi connectivity index (χ2v) is 6.59. The molecule has 16 heavy (non-hydrogen) atoms. The molecule has 1 N–H and O–H groups in total. The zero-order valence-corrected chi connectivity index (χ0v) is 11.3. The summed E-state index contributed by atoms with van der Waals surface area (Å²) in [6.45, 7) is 12.3. The van der Waals surface area contributed by atoms with Crippen molar-refractivity contribution in [2.75, 3.05) is 26.2 Å². The van der Waals surface area contributed by atoms with Gasteiger partial charge >= 0.3 is 0 Å². The average molecular weight is 224 g/mol. The normalized spacial score (nSPS) is 36.9. The van der Waals surface area contributed by atoms with Crippen LogP contribution >= 0.6 is 0 Å². The molecule has 0 spiro atoms. The van der Waals surface area contributed by atoms with Gasteiger partial charge in [-0.2, -0.15) is 0 Å². The Bertz CT molecular complexity index is 217. The van der Waals surface area contributed by atoms with E-state index >= 15 is 0 Å². The van der Waals surface area contributed by atoms with E-state index in [2.05, 4.69) is 31.0 Å². The summed E-state index contributed by atoms with van der Waals surface area (Å²) in [7, 11) is 0. The highest BCUT2D eigenvalue weighted by molar-refractivity contribution is 4.89. The number of rotatable bonds is 1. The molecule has 2 unspecified atom stereocenters. The van der Waals surface area contributed by atoms with Crippen molar-refractivity contribution in [3.63, 3.8) is 0 Å². The van der Waals surface area contributed by atoms with Gasteiger partial charge in [0.25, 0.3) is 0 Å². The van der Waals surface area contributed by atoms with Gasteiger partial charge in [0.05, 0.1) is 0 Å². The topological polar surface area (TPSA) is 15.3 Å². The smallest absolute Gasteiger partial charge is 0.0122 e. The Balaban J connectivity index is 1.93. The van der Waals surface area contributed by atoms with Gasteiger partial charge in [-0.05, 0) is 50.1 Å². The van der Waals surface area contributed by atoms with Crippen LogP contribution in [-0.4, -0.2) is 37.1 Å². The third-order valence-electron chi connectivity index (χ3n) is 4.49. The monoisotopic (exact) mass is 224 g/mol. The summed E-state index contributed by atoms with van der Waals surface area (Å²) in [5, 5.41) is 3.51. The van der Waals surface area contributed by atoms with Crippen LogP contribution in [0.5, 0.6) is 0 Å². The molecule has 1 aliphatic carbocycles. The quantitative estimate of drug-likeness (QED) is 0.736. The molecule has 2 rings (SSSR count). The Labute approximate surface area is 101 Å². The van der Waals surface area contributed by atoms with E-state index in [9.17, 15) is 0 Å². The lowest BCUT2D eigenvalue weighted by atomic mass is 9.70. The van der Waals surface area contributed by atoms with Crippen LogP contribution in [-0.2, 0) is 0 Å². The standard InChI is InChI=1S/C14H28N2/c1-12-11-14(2,3)6-5-13(12)16-9-4-7-15-8-10-16/h12-13,15H,4-11H2,1-3H3. The molecule has 1 aliphatic heterocycles. The van der Waals surface area contributed by atoms with Gasteiger partial charge in [0.2, 0.25) is 0 Å². The molecule has 0 bridgehead atoms. The maximum atomic E-state index is 3.51. The van der Waals surface area contributed by atoms with E-state index in [0.717, 1.165) is 12.0 Å². The van der Waals surface area contributed by atoms with Crippen molar-refractivity contribution in [1.29, 1.82) is 0 Å². The van der Waals surface area contributed by atoms with Crippen LogP contribution in [0.2, 0.25) is 0 Å². The van der Waals surface area contributed by atoms with Gasteiger partial charge in [0, 0.05) is 19.1 Å². The minimum atomic E-state index is 0.583. The van der Waals surface area contributed by atoms with Crippen LogP contribution in [0.15, 0.2) is 0 Å². The van der Waals surface area contributed by atoms with Crippen LogP contribution in [0.4, 0.5) is 0 Å². The molecular weight excluding hydrogens is 196 g/mol. The first kappa shape index (κ1) is 12.4. The molecule has 2 nitrogen and oxygen atoms in total. The van der Waals surface area contributed by atoms with E-state index < -0.39 is 0 Å². The summed E-state index contributed by atoms with van der Waals surface area (Å²) in [5.74, 6) is 0.877. The molecule has 94 valence electrons. The molecule has 0 aromatic carbocycles. The summed E-state index contributed by atoms with van der Waals surface area (Å²) in [6.07, 6.45) is 5.55. The van der Waals surface area contributed by atoms with Gasteiger partial charge in [0.15, 0.2) is 0 Å². The number of nitrogens with zero attached hydrogens (tertiary/aromatic N) is 1. The second-order valence-electron chi connectivity index (χ2n) is 6.59. The van der Waals surface area contributed by atoms with Gasteiger partial charge in [-0.15, -0.1) is 0 Å². The van der Waals surface area contributed by atoms with Gasteiger partial charge in [-0.25, -0.2) is 0 Å². The van der Waals surface area contributed by atoms with Crippen LogP contribution < -0.4 is 5.32 Å². The fourth-order valence-electron chi connectivity index (χ4n) is 3.67.